The van der Waals surface area contributed by atoms with Gasteiger partial charge in [-0.1, -0.05) is 32.0 Å². The van der Waals surface area contributed by atoms with E-state index in [1.54, 1.807) is 24.3 Å². The zero-order valence-electron chi connectivity index (χ0n) is 21.3. The fourth-order valence-corrected chi connectivity index (χ4v) is 6.86. The van der Waals surface area contributed by atoms with Crippen molar-refractivity contribution in [3.63, 3.8) is 0 Å². The average molecular weight is 557 g/mol. The summed E-state index contributed by atoms with van der Waals surface area (Å²) in [6.07, 6.45) is 1.71. The minimum Gasteiger partial charge on any atom is -0.619 e. The van der Waals surface area contributed by atoms with E-state index >= 15 is 0 Å². The van der Waals surface area contributed by atoms with Crippen molar-refractivity contribution in [1.29, 1.82) is 0 Å². The molecule has 4 heterocycles. The molecule has 2 aliphatic rings. The quantitative estimate of drug-likeness (QED) is 0.342. The standard InChI is InChI=1S/C26H28N4O8S/c1-16(2)12-19(27-26(33)38-23-13-17-6-3-4-8-22(17)37-23)25(32)29-11-9-20-24(29)21(31)15-30(20)39(35,36)18-7-5-10-28(34)14-18/h3-8,10,13-14,16,19-20,24H,9,11-12,15H2,1-2H3,(H,27,33). The third-order valence-corrected chi connectivity index (χ3v) is 8.76. The molecule has 2 aromatic heterocycles. The molecule has 39 heavy (non-hydrogen) atoms. The number of likely N-dealkylation sites (tertiary alicyclic amines) is 1. The Hall–Kier alpha value is -3.97. The molecule has 2 amide bonds. The van der Waals surface area contributed by atoms with E-state index in [0.29, 0.717) is 10.3 Å². The number of para-hydroxylation sites is 1. The van der Waals surface area contributed by atoms with Crippen molar-refractivity contribution < 1.29 is 36.7 Å². The number of rotatable bonds is 7. The van der Waals surface area contributed by atoms with E-state index in [-0.39, 0.29) is 36.1 Å². The summed E-state index contributed by atoms with van der Waals surface area (Å²) in [7, 11) is -4.15. The SMILES string of the molecule is CC(C)CC(NC(=O)Oc1cc2ccccc2o1)C(=O)N1CCC2C1C(=O)CN2S(=O)(=O)c1ccc[n+]([O-])c1. The van der Waals surface area contributed by atoms with Crippen molar-refractivity contribution in [2.24, 2.45) is 5.92 Å². The number of hydrogen-bond donors (Lipinski definition) is 1. The number of hydrogen-bond acceptors (Lipinski definition) is 8. The van der Waals surface area contributed by atoms with E-state index in [1.165, 1.54) is 17.0 Å². The predicted octanol–water partition coefficient (Wildman–Crippen LogP) is 1.81. The highest BCUT2D eigenvalue weighted by Gasteiger charge is 2.54. The first-order valence-electron chi connectivity index (χ1n) is 12.6. The van der Waals surface area contributed by atoms with Crippen LogP contribution in [-0.2, 0) is 19.6 Å². The minimum absolute atomic E-state index is 0.0110. The number of carbonyl (C=O) groups is 3. The van der Waals surface area contributed by atoms with Crippen molar-refractivity contribution >= 4 is 38.8 Å². The molecule has 0 spiro atoms. The number of furan rings is 1. The van der Waals surface area contributed by atoms with E-state index in [9.17, 15) is 28.0 Å². The Balaban J connectivity index is 1.32. The van der Waals surface area contributed by atoms with E-state index < -0.39 is 52.5 Å². The van der Waals surface area contributed by atoms with Gasteiger partial charge in [0, 0.05) is 24.1 Å². The van der Waals surface area contributed by atoms with E-state index in [4.69, 9.17) is 9.15 Å². The van der Waals surface area contributed by atoms with Crippen molar-refractivity contribution in [2.45, 2.75) is 49.7 Å². The highest BCUT2D eigenvalue weighted by Crippen LogP contribution is 2.34. The molecular formula is C26H28N4O8S. The van der Waals surface area contributed by atoms with Crippen molar-refractivity contribution in [3.05, 3.63) is 60.1 Å². The minimum atomic E-state index is -4.15. The van der Waals surface area contributed by atoms with Crippen LogP contribution in [0.15, 0.2) is 64.2 Å². The number of benzene rings is 1. The topological polar surface area (TPSA) is 153 Å². The normalized spacial score (nSPS) is 20.4. The van der Waals surface area contributed by atoms with Crippen molar-refractivity contribution in [1.82, 2.24) is 14.5 Å². The molecular weight excluding hydrogens is 528 g/mol. The van der Waals surface area contributed by atoms with Crippen LogP contribution in [-0.4, -0.2) is 66.6 Å². The Morgan fingerprint density at radius 2 is 2.00 bits per heavy atom. The highest BCUT2D eigenvalue weighted by atomic mass is 32.2. The molecule has 0 bridgehead atoms. The van der Waals surface area contributed by atoms with Gasteiger partial charge in [-0.2, -0.15) is 9.04 Å². The van der Waals surface area contributed by atoms with E-state index in [1.807, 2.05) is 19.9 Å². The van der Waals surface area contributed by atoms with Gasteiger partial charge in [0.15, 0.2) is 18.2 Å². The number of aromatic nitrogens is 1. The third-order valence-electron chi connectivity index (χ3n) is 6.91. The van der Waals surface area contributed by atoms with Gasteiger partial charge in [-0.25, -0.2) is 13.2 Å². The maximum absolute atomic E-state index is 13.6. The predicted molar refractivity (Wildman–Crippen MR) is 137 cm³/mol. The maximum atomic E-state index is 13.6. The number of ketones is 1. The van der Waals surface area contributed by atoms with Gasteiger partial charge in [0.05, 0.1) is 12.6 Å². The van der Waals surface area contributed by atoms with Crippen LogP contribution in [0, 0.1) is 11.1 Å². The fourth-order valence-electron chi connectivity index (χ4n) is 5.23. The van der Waals surface area contributed by atoms with Gasteiger partial charge in [-0.15, -0.1) is 0 Å². The number of pyridine rings is 1. The van der Waals surface area contributed by atoms with Crippen molar-refractivity contribution in [2.75, 3.05) is 13.1 Å². The first-order valence-corrected chi connectivity index (χ1v) is 14.0. The summed E-state index contributed by atoms with van der Waals surface area (Å²) in [5.41, 5.74) is 0.540. The molecule has 12 nitrogen and oxygen atoms in total. The van der Waals surface area contributed by atoms with Gasteiger partial charge in [0.2, 0.25) is 15.9 Å². The fraction of sp³-hybridized carbons (Fsp3) is 0.385. The Kier molecular flexibility index (Phi) is 7.03. The van der Waals surface area contributed by atoms with Crippen LogP contribution in [0.1, 0.15) is 26.7 Å². The molecule has 0 radical (unpaired) electrons. The average Bonchev–Trinajstić information content (AvgIpc) is 3.57. The summed E-state index contributed by atoms with van der Waals surface area (Å²) in [5, 5.41) is 15.0. The first-order chi connectivity index (χ1) is 18.5. The van der Waals surface area contributed by atoms with Crippen LogP contribution in [0.3, 0.4) is 0 Å². The Bertz CT molecular complexity index is 1500. The zero-order chi connectivity index (χ0) is 27.9. The largest absolute Gasteiger partial charge is 0.619 e. The first kappa shape index (κ1) is 26.6. The number of fused-ring (bicyclic) bond motifs is 2. The van der Waals surface area contributed by atoms with E-state index in [0.717, 1.165) is 22.1 Å². The lowest BCUT2D eigenvalue weighted by Crippen LogP contribution is -2.53. The molecule has 0 aliphatic carbocycles. The molecule has 5 rings (SSSR count). The lowest BCUT2D eigenvalue weighted by atomic mass is 10.0. The maximum Gasteiger partial charge on any atom is 0.415 e. The molecule has 2 aliphatic heterocycles. The second kappa shape index (κ2) is 10.3. The van der Waals surface area contributed by atoms with Crippen LogP contribution in [0.5, 0.6) is 5.95 Å². The summed E-state index contributed by atoms with van der Waals surface area (Å²) in [5.74, 6) is -0.939. The molecule has 1 aromatic carbocycles. The van der Waals surface area contributed by atoms with Crippen LogP contribution >= 0.6 is 0 Å². The summed E-state index contributed by atoms with van der Waals surface area (Å²) in [6.45, 7) is 3.50. The third kappa shape index (κ3) is 5.19. The van der Waals surface area contributed by atoms with Gasteiger partial charge in [-0.05, 0) is 30.9 Å². The lowest BCUT2D eigenvalue weighted by Gasteiger charge is -2.28. The Morgan fingerprint density at radius 3 is 2.72 bits per heavy atom. The molecule has 3 aromatic rings. The summed E-state index contributed by atoms with van der Waals surface area (Å²) in [6, 6.07) is 8.53. The molecule has 1 N–H and O–H groups in total. The molecule has 2 saturated heterocycles. The van der Waals surface area contributed by atoms with Gasteiger partial charge >= 0.3 is 6.09 Å². The summed E-state index contributed by atoms with van der Waals surface area (Å²) < 4.78 is 38.7. The van der Waals surface area contributed by atoms with E-state index in [2.05, 4.69) is 5.32 Å². The number of amides is 2. The smallest absolute Gasteiger partial charge is 0.415 e. The second-order valence-electron chi connectivity index (χ2n) is 10.1. The number of ether oxygens (including phenoxy) is 1. The number of carbonyl (C=O) groups excluding carboxylic acids is 3. The number of Topliss-reactive ketones (excluding diaryl/α,β-unsaturated/α-hetero) is 1. The van der Waals surface area contributed by atoms with Crippen LogP contribution in [0.2, 0.25) is 0 Å². The highest BCUT2D eigenvalue weighted by molar-refractivity contribution is 7.89. The molecule has 206 valence electrons. The molecule has 13 heteroatoms. The number of sulfonamides is 1. The lowest BCUT2D eigenvalue weighted by molar-refractivity contribution is -0.607. The van der Waals surface area contributed by atoms with Gasteiger partial charge < -0.3 is 24.6 Å². The Labute approximate surface area is 224 Å². The summed E-state index contributed by atoms with van der Waals surface area (Å²) >= 11 is 0. The second-order valence-corrected chi connectivity index (χ2v) is 12.0. The van der Waals surface area contributed by atoms with Gasteiger partial charge in [-0.3, -0.25) is 9.59 Å². The van der Waals surface area contributed by atoms with Gasteiger partial charge in [0.1, 0.15) is 22.6 Å². The van der Waals surface area contributed by atoms with Crippen LogP contribution < -0.4 is 14.8 Å². The molecule has 3 unspecified atom stereocenters. The van der Waals surface area contributed by atoms with Crippen LogP contribution in [0.25, 0.3) is 11.0 Å². The van der Waals surface area contributed by atoms with Crippen molar-refractivity contribution in [3.8, 4) is 5.95 Å². The monoisotopic (exact) mass is 556 g/mol. The molecule has 0 saturated carbocycles. The van der Waals surface area contributed by atoms with Crippen LogP contribution in [0.4, 0.5) is 4.79 Å². The Morgan fingerprint density at radius 1 is 1.23 bits per heavy atom. The number of nitrogens with one attached hydrogen (secondary N) is 1. The summed E-state index contributed by atoms with van der Waals surface area (Å²) in [4.78, 5) is 40.5. The number of nitrogens with zero attached hydrogens (tertiary/aromatic N) is 3. The zero-order valence-corrected chi connectivity index (χ0v) is 22.2. The molecule has 3 atom stereocenters. The molecule has 2 fully saturated rings. The van der Waals surface area contributed by atoms with Gasteiger partial charge in [0.25, 0.3) is 5.95 Å².